The topological polar surface area (TPSA) is 108 Å². The zero-order chi connectivity index (χ0) is 54.9. The highest BCUT2D eigenvalue weighted by Gasteiger charge is 2.27. The van der Waals surface area contributed by atoms with E-state index in [4.69, 9.17) is 18.5 Å². The molecule has 0 heterocycles. The van der Waals surface area contributed by atoms with E-state index in [2.05, 4.69) is 13.8 Å². The summed E-state index contributed by atoms with van der Waals surface area (Å²) >= 11 is 0. The number of hydrogen-bond donors (Lipinski definition) is 1. The van der Waals surface area contributed by atoms with Crippen molar-refractivity contribution in [3.05, 3.63) is 0 Å². The molecular formula is C65H131NO8P+. The molecule has 0 rings (SSSR count). The highest BCUT2D eigenvalue weighted by Crippen LogP contribution is 2.43. The molecule has 0 aromatic rings. The van der Waals surface area contributed by atoms with Gasteiger partial charge in [-0.05, 0) is 12.8 Å². The summed E-state index contributed by atoms with van der Waals surface area (Å²) in [5.41, 5.74) is 0. The van der Waals surface area contributed by atoms with Gasteiger partial charge in [-0.3, -0.25) is 18.6 Å². The van der Waals surface area contributed by atoms with Crippen molar-refractivity contribution in [2.75, 3.05) is 47.5 Å². The zero-order valence-electron chi connectivity index (χ0n) is 51.1. The number of carbonyl (C=O) groups excluding carboxylic acids is 2. The maximum atomic E-state index is 12.8. The van der Waals surface area contributed by atoms with E-state index in [9.17, 15) is 19.0 Å². The summed E-state index contributed by atoms with van der Waals surface area (Å²) in [6.45, 7) is 4.48. The van der Waals surface area contributed by atoms with Gasteiger partial charge in [0.1, 0.15) is 19.8 Å². The number of rotatable bonds is 63. The molecule has 9 nitrogen and oxygen atoms in total. The molecule has 0 aliphatic heterocycles. The highest BCUT2D eigenvalue weighted by molar-refractivity contribution is 7.47. The monoisotopic (exact) mass is 1080 g/mol. The van der Waals surface area contributed by atoms with Crippen LogP contribution in [0.3, 0.4) is 0 Å². The Bertz CT molecular complexity index is 1230. The number of ether oxygens (including phenoxy) is 2. The molecule has 75 heavy (non-hydrogen) atoms. The molecular weight excluding hydrogens is 954 g/mol. The van der Waals surface area contributed by atoms with Crippen molar-refractivity contribution in [1.29, 1.82) is 0 Å². The van der Waals surface area contributed by atoms with Crippen molar-refractivity contribution < 1.29 is 42.1 Å². The summed E-state index contributed by atoms with van der Waals surface area (Å²) in [6, 6.07) is 0. The summed E-state index contributed by atoms with van der Waals surface area (Å²) < 4.78 is 34.5. The number of carbonyl (C=O) groups is 2. The maximum absolute atomic E-state index is 12.8. The van der Waals surface area contributed by atoms with E-state index in [0.29, 0.717) is 17.4 Å². The van der Waals surface area contributed by atoms with Crippen LogP contribution in [0.4, 0.5) is 0 Å². The molecule has 0 amide bonds. The van der Waals surface area contributed by atoms with Gasteiger partial charge < -0.3 is 18.9 Å². The van der Waals surface area contributed by atoms with Gasteiger partial charge in [-0.15, -0.1) is 0 Å². The third-order valence-electron chi connectivity index (χ3n) is 15.4. The molecule has 0 aromatic heterocycles. The maximum Gasteiger partial charge on any atom is 0.472 e. The van der Waals surface area contributed by atoms with Gasteiger partial charge in [-0.25, -0.2) is 4.57 Å². The van der Waals surface area contributed by atoms with Crippen LogP contribution in [0, 0.1) is 0 Å². The molecule has 0 saturated heterocycles. The van der Waals surface area contributed by atoms with E-state index in [1.54, 1.807) is 0 Å². The van der Waals surface area contributed by atoms with E-state index < -0.39 is 26.5 Å². The van der Waals surface area contributed by atoms with E-state index in [1.807, 2.05) is 21.1 Å². The second kappa shape index (κ2) is 57.7. The number of phosphoric ester groups is 1. The lowest BCUT2D eigenvalue weighted by molar-refractivity contribution is -0.870. The van der Waals surface area contributed by atoms with E-state index >= 15 is 0 Å². The van der Waals surface area contributed by atoms with Crippen LogP contribution in [0.25, 0.3) is 0 Å². The first-order chi connectivity index (χ1) is 36.5. The number of nitrogens with zero attached hydrogens (tertiary/aromatic N) is 1. The molecule has 0 fully saturated rings. The summed E-state index contributed by atoms with van der Waals surface area (Å²) in [5.74, 6) is -0.779. The quantitative estimate of drug-likeness (QED) is 0.0278. The van der Waals surface area contributed by atoms with Gasteiger partial charge in [-0.1, -0.05) is 328 Å². The summed E-state index contributed by atoms with van der Waals surface area (Å²) in [5, 5.41) is 0. The predicted molar refractivity (Wildman–Crippen MR) is 322 cm³/mol. The number of esters is 2. The fourth-order valence-electron chi connectivity index (χ4n) is 10.3. The van der Waals surface area contributed by atoms with Crippen molar-refractivity contribution >= 4 is 19.8 Å². The average Bonchev–Trinajstić information content (AvgIpc) is 3.37. The van der Waals surface area contributed by atoms with Crippen molar-refractivity contribution in [2.24, 2.45) is 0 Å². The SMILES string of the molecule is CCCCCCCCCCCCCCCCCCCCCCCCCCCCCCCCCCCCCCCCCCCC(=O)OC(COC(=O)CCCCCCCCCCCC)COP(=O)(O)OCC[N+](C)(C)C. The predicted octanol–water partition coefficient (Wildman–Crippen LogP) is 21.0. The molecule has 2 atom stereocenters. The van der Waals surface area contributed by atoms with Crippen molar-refractivity contribution in [3.63, 3.8) is 0 Å². The van der Waals surface area contributed by atoms with Crippen LogP contribution < -0.4 is 0 Å². The number of unbranched alkanes of at least 4 members (excludes halogenated alkanes) is 49. The average molecular weight is 1090 g/mol. The molecule has 0 saturated carbocycles. The number of quaternary nitrogens is 1. The van der Waals surface area contributed by atoms with Gasteiger partial charge in [0.25, 0.3) is 0 Å². The standard InChI is InChI=1S/C65H130NO8P/c1-6-8-10-12-14-16-18-19-20-21-22-23-24-25-26-27-28-29-30-31-32-33-34-35-36-37-38-39-40-41-42-43-44-45-46-47-48-50-52-54-56-58-65(68)74-63(62-73-75(69,70)72-60-59-66(3,4)5)61-71-64(67)57-55-53-51-49-17-15-13-11-9-7-2/h63H,6-62H2,1-5H3/p+1. The molecule has 0 aromatic carbocycles. The Morgan fingerprint density at radius 3 is 0.853 bits per heavy atom. The Kier molecular flexibility index (Phi) is 56.9. The third kappa shape index (κ3) is 62.1. The minimum atomic E-state index is -4.37. The second-order valence-corrected chi connectivity index (χ2v) is 25.7. The Hall–Kier alpha value is -0.990. The number of likely N-dealkylation sites (N-methyl/N-ethyl adjacent to an activating group) is 1. The summed E-state index contributed by atoms with van der Waals surface area (Å²) in [6.07, 6.45) is 68.2. The fraction of sp³-hybridized carbons (Fsp3) is 0.969. The van der Waals surface area contributed by atoms with Crippen molar-refractivity contribution in [2.45, 2.75) is 360 Å². The molecule has 0 bridgehead atoms. The molecule has 1 N–H and O–H groups in total. The normalized spacial score (nSPS) is 13.1. The molecule has 0 radical (unpaired) electrons. The Morgan fingerprint density at radius 1 is 0.360 bits per heavy atom. The lowest BCUT2D eigenvalue weighted by Crippen LogP contribution is -2.37. The minimum absolute atomic E-state index is 0.0371. The Labute approximate surface area is 467 Å². The number of hydrogen-bond acceptors (Lipinski definition) is 7. The first kappa shape index (κ1) is 74.0. The van der Waals surface area contributed by atoms with Gasteiger partial charge in [0, 0.05) is 12.8 Å². The molecule has 0 aliphatic rings. The number of phosphoric acid groups is 1. The van der Waals surface area contributed by atoms with Crippen molar-refractivity contribution in [1.82, 2.24) is 0 Å². The summed E-state index contributed by atoms with van der Waals surface area (Å²) in [7, 11) is 1.50. The van der Waals surface area contributed by atoms with Gasteiger partial charge >= 0.3 is 19.8 Å². The molecule has 10 heteroatoms. The van der Waals surface area contributed by atoms with E-state index in [1.165, 1.54) is 289 Å². The first-order valence-corrected chi connectivity index (χ1v) is 34.8. The lowest BCUT2D eigenvalue weighted by Gasteiger charge is -2.24. The first-order valence-electron chi connectivity index (χ1n) is 33.3. The third-order valence-corrected chi connectivity index (χ3v) is 16.4. The zero-order valence-corrected chi connectivity index (χ0v) is 52.0. The van der Waals surface area contributed by atoms with Crippen LogP contribution in [0.15, 0.2) is 0 Å². The van der Waals surface area contributed by atoms with E-state index in [-0.39, 0.29) is 25.6 Å². The smallest absolute Gasteiger partial charge is 0.462 e. The molecule has 0 spiro atoms. The molecule has 0 aliphatic carbocycles. The van der Waals surface area contributed by atoms with Crippen LogP contribution in [-0.2, 0) is 32.7 Å². The molecule has 2 unspecified atom stereocenters. The lowest BCUT2D eigenvalue weighted by atomic mass is 10.0. The highest BCUT2D eigenvalue weighted by atomic mass is 31.2. The van der Waals surface area contributed by atoms with Gasteiger partial charge in [0.05, 0.1) is 27.7 Å². The van der Waals surface area contributed by atoms with Crippen LogP contribution in [0.2, 0.25) is 0 Å². The van der Waals surface area contributed by atoms with Gasteiger partial charge in [-0.2, -0.15) is 0 Å². The van der Waals surface area contributed by atoms with Gasteiger partial charge in [0.15, 0.2) is 6.10 Å². The summed E-state index contributed by atoms with van der Waals surface area (Å²) in [4.78, 5) is 35.5. The Balaban J connectivity index is 3.73. The van der Waals surface area contributed by atoms with Crippen LogP contribution in [0.1, 0.15) is 354 Å². The van der Waals surface area contributed by atoms with E-state index in [0.717, 1.165) is 38.5 Å². The minimum Gasteiger partial charge on any atom is -0.462 e. The van der Waals surface area contributed by atoms with Gasteiger partial charge in [0.2, 0.25) is 0 Å². The van der Waals surface area contributed by atoms with Crippen LogP contribution >= 0.6 is 7.82 Å². The second-order valence-electron chi connectivity index (χ2n) is 24.2. The fourth-order valence-corrected chi connectivity index (χ4v) is 11.0. The Morgan fingerprint density at radius 2 is 0.600 bits per heavy atom. The van der Waals surface area contributed by atoms with Crippen molar-refractivity contribution in [3.8, 4) is 0 Å². The largest absolute Gasteiger partial charge is 0.472 e. The van der Waals surface area contributed by atoms with Crippen LogP contribution in [-0.4, -0.2) is 74.9 Å². The van der Waals surface area contributed by atoms with Crippen LogP contribution in [0.5, 0.6) is 0 Å². The molecule has 448 valence electrons.